The highest BCUT2D eigenvalue weighted by Gasteiger charge is 2.20. The highest BCUT2D eigenvalue weighted by Crippen LogP contribution is 2.18. The van der Waals surface area contributed by atoms with E-state index in [9.17, 15) is 19.8 Å². The summed E-state index contributed by atoms with van der Waals surface area (Å²) in [6, 6.07) is -0.539. The predicted molar refractivity (Wildman–Crippen MR) is 301 cm³/mol. The fourth-order valence-electron chi connectivity index (χ4n) is 9.73. The van der Waals surface area contributed by atoms with E-state index in [2.05, 4.69) is 43.5 Å². The third-order valence-corrected chi connectivity index (χ3v) is 14.5. The molecule has 2 unspecified atom stereocenters. The number of hydrogen-bond acceptors (Lipinski definition) is 5. The van der Waals surface area contributed by atoms with Crippen LogP contribution >= 0.6 is 0 Å². The Kier molecular flexibility index (Phi) is 57.5. The molecule has 0 radical (unpaired) electrons. The van der Waals surface area contributed by atoms with E-state index < -0.39 is 12.1 Å². The number of carbonyl (C=O) groups is 2. The topological polar surface area (TPSA) is 95.9 Å². The second-order valence-electron chi connectivity index (χ2n) is 21.4. The highest BCUT2D eigenvalue weighted by atomic mass is 16.5. The molecule has 6 heteroatoms. The molecule has 0 aliphatic rings. The Morgan fingerprint density at radius 2 is 0.725 bits per heavy atom. The van der Waals surface area contributed by atoms with Crippen molar-refractivity contribution in [2.45, 2.75) is 353 Å². The summed E-state index contributed by atoms with van der Waals surface area (Å²) in [5.41, 5.74) is 0. The Morgan fingerprint density at radius 1 is 0.406 bits per heavy atom. The van der Waals surface area contributed by atoms with Gasteiger partial charge in [-0.2, -0.15) is 0 Å². The summed E-state index contributed by atoms with van der Waals surface area (Å²) in [7, 11) is 0. The van der Waals surface area contributed by atoms with Gasteiger partial charge in [-0.05, 0) is 57.8 Å². The van der Waals surface area contributed by atoms with E-state index in [4.69, 9.17) is 4.74 Å². The molecule has 0 bridgehead atoms. The fourth-order valence-corrected chi connectivity index (χ4v) is 9.73. The number of esters is 1. The third-order valence-electron chi connectivity index (χ3n) is 14.5. The summed E-state index contributed by atoms with van der Waals surface area (Å²) in [6.07, 6.45) is 72.0. The number of allylic oxidation sites excluding steroid dienone is 4. The molecule has 0 aromatic carbocycles. The first-order valence-corrected chi connectivity index (χ1v) is 31.1. The Morgan fingerprint density at radius 3 is 1.13 bits per heavy atom. The normalized spacial score (nSPS) is 12.7. The van der Waals surface area contributed by atoms with E-state index in [-0.39, 0.29) is 18.5 Å². The standard InChI is InChI=1S/C63H121NO5/c1-3-5-7-9-11-13-15-16-17-18-24-28-31-34-37-41-45-49-53-57-63(68)69-58-54-50-46-42-38-35-32-29-26-23-21-19-20-22-25-27-30-33-36-40-44-48-52-56-62(67)64-60(59-65)61(66)55-51-47-43-39-14-12-10-8-6-4-2/h11,13,16-17,60-61,65-66H,3-10,12,14-15,18-59H2,1-2H3,(H,64,67)/b13-11-,17-16-. The van der Waals surface area contributed by atoms with E-state index >= 15 is 0 Å². The average molecular weight is 973 g/mol. The lowest BCUT2D eigenvalue weighted by molar-refractivity contribution is -0.143. The Labute approximate surface area is 431 Å². The molecule has 0 aromatic heterocycles. The average Bonchev–Trinajstić information content (AvgIpc) is 3.35. The monoisotopic (exact) mass is 972 g/mol. The van der Waals surface area contributed by atoms with Crippen molar-refractivity contribution in [2.75, 3.05) is 13.2 Å². The van der Waals surface area contributed by atoms with Gasteiger partial charge in [0.05, 0.1) is 25.4 Å². The maximum Gasteiger partial charge on any atom is 0.305 e. The van der Waals surface area contributed by atoms with Crippen LogP contribution < -0.4 is 5.32 Å². The van der Waals surface area contributed by atoms with Crippen molar-refractivity contribution in [1.82, 2.24) is 5.32 Å². The number of aliphatic hydroxyl groups excluding tert-OH is 2. The molecular weight excluding hydrogens is 851 g/mol. The van der Waals surface area contributed by atoms with Crippen molar-refractivity contribution in [2.24, 2.45) is 0 Å². The van der Waals surface area contributed by atoms with Crippen molar-refractivity contribution in [3.63, 3.8) is 0 Å². The van der Waals surface area contributed by atoms with Crippen molar-refractivity contribution in [3.05, 3.63) is 24.3 Å². The number of nitrogens with one attached hydrogen (secondary N) is 1. The predicted octanol–water partition coefficient (Wildman–Crippen LogP) is 19.4. The van der Waals surface area contributed by atoms with Gasteiger partial charge in [0.2, 0.25) is 5.91 Å². The first-order valence-electron chi connectivity index (χ1n) is 31.1. The van der Waals surface area contributed by atoms with Crippen molar-refractivity contribution in [3.8, 4) is 0 Å². The quantitative estimate of drug-likeness (QED) is 0.0321. The van der Waals surface area contributed by atoms with Gasteiger partial charge in [0.15, 0.2) is 0 Å². The van der Waals surface area contributed by atoms with Crippen LogP contribution in [0.25, 0.3) is 0 Å². The molecule has 2 atom stereocenters. The van der Waals surface area contributed by atoms with Crippen LogP contribution in [0.3, 0.4) is 0 Å². The van der Waals surface area contributed by atoms with Gasteiger partial charge < -0.3 is 20.3 Å². The van der Waals surface area contributed by atoms with Gasteiger partial charge in [0.1, 0.15) is 0 Å². The third kappa shape index (κ3) is 55.5. The van der Waals surface area contributed by atoms with Gasteiger partial charge in [0, 0.05) is 12.8 Å². The van der Waals surface area contributed by atoms with Crippen LogP contribution in [-0.4, -0.2) is 47.4 Å². The highest BCUT2D eigenvalue weighted by molar-refractivity contribution is 5.76. The lowest BCUT2D eigenvalue weighted by atomic mass is 10.0. The van der Waals surface area contributed by atoms with Crippen LogP contribution in [-0.2, 0) is 14.3 Å². The van der Waals surface area contributed by atoms with Crippen LogP contribution in [0.1, 0.15) is 341 Å². The van der Waals surface area contributed by atoms with Crippen molar-refractivity contribution >= 4 is 11.9 Å². The lowest BCUT2D eigenvalue weighted by Crippen LogP contribution is -2.45. The van der Waals surface area contributed by atoms with E-state index in [0.717, 1.165) is 51.4 Å². The molecule has 0 aliphatic heterocycles. The van der Waals surface area contributed by atoms with Gasteiger partial charge in [-0.1, -0.05) is 295 Å². The number of aliphatic hydroxyl groups is 2. The number of carbonyl (C=O) groups excluding carboxylic acids is 2. The van der Waals surface area contributed by atoms with Crippen molar-refractivity contribution in [1.29, 1.82) is 0 Å². The van der Waals surface area contributed by atoms with Gasteiger partial charge in [-0.3, -0.25) is 9.59 Å². The van der Waals surface area contributed by atoms with Crippen LogP contribution in [0.4, 0.5) is 0 Å². The van der Waals surface area contributed by atoms with E-state index in [1.54, 1.807) is 0 Å². The minimum atomic E-state index is -0.662. The SMILES string of the molecule is CCCCC/C=C\C/C=C\CCCCCCCCCCCC(=O)OCCCCCCCCCCCCCCCCCCCCCCCCCC(=O)NC(CO)C(O)CCCCCCCCCCCC. The molecule has 3 N–H and O–H groups in total. The zero-order valence-electron chi connectivity index (χ0n) is 46.6. The Balaban J connectivity index is 3.33. The summed E-state index contributed by atoms with van der Waals surface area (Å²) < 4.78 is 5.50. The molecule has 6 nitrogen and oxygen atoms in total. The number of amides is 1. The first-order chi connectivity index (χ1) is 34.0. The second-order valence-corrected chi connectivity index (χ2v) is 21.4. The zero-order chi connectivity index (χ0) is 50.0. The Hall–Kier alpha value is -1.66. The molecule has 0 aromatic rings. The molecule has 408 valence electrons. The Bertz CT molecular complexity index is 1080. The number of unbranched alkanes of at least 4 members (excludes halogenated alkanes) is 43. The van der Waals surface area contributed by atoms with Gasteiger partial charge in [0.25, 0.3) is 0 Å². The number of rotatable bonds is 58. The smallest absolute Gasteiger partial charge is 0.305 e. The summed E-state index contributed by atoms with van der Waals surface area (Å²) >= 11 is 0. The summed E-state index contributed by atoms with van der Waals surface area (Å²) in [4.78, 5) is 24.5. The first kappa shape index (κ1) is 67.3. The van der Waals surface area contributed by atoms with Crippen LogP contribution in [0, 0.1) is 0 Å². The molecule has 0 rings (SSSR count). The van der Waals surface area contributed by atoms with Crippen LogP contribution in [0.2, 0.25) is 0 Å². The van der Waals surface area contributed by atoms with E-state index in [0.29, 0.717) is 25.9 Å². The summed E-state index contributed by atoms with van der Waals surface area (Å²) in [6.45, 7) is 4.93. The lowest BCUT2D eigenvalue weighted by Gasteiger charge is -2.22. The molecule has 0 saturated carbocycles. The molecule has 0 saturated heterocycles. The van der Waals surface area contributed by atoms with Crippen LogP contribution in [0.15, 0.2) is 24.3 Å². The molecule has 0 aliphatic carbocycles. The number of hydrogen-bond donors (Lipinski definition) is 3. The van der Waals surface area contributed by atoms with E-state index in [1.807, 2.05) is 0 Å². The fraction of sp³-hybridized carbons (Fsp3) is 0.905. The van der Waals surface area contributed by atoms with Crippen LogP contribution in [0.5, 0.6) is 0 Å². The van der Waals surface area contributed by atoms with Gasteiger partial charge in [-0.15, -0.1) is 0 Å². The second kappa shape index (κ2) is 58.9. The van der Waals surface area contributed by atoms with Crippen molar-refractivity contribution < 1.29 is 24.5 Å². The number of ether oxygens (including phenoxy) is 1. The molecule has 69 heavy (non-hydrogen) atoms. The minimum absolute atomic E-state index is 0.0109. The summed E-state index contributed by atoms with van der Waals surface area (Å²) in [5.74, 6) is -0.0242. The van der Waals surface area contributed by atoms with Gasteiger partial charge >= 0.3 is 5.97 Å². The molecule has 0 spiro atoms. The molecule has 0 heterocycles. The largest absolute Gasteiger partial charge is 0.466 e. The molecular formula is C63H121NO5. The van der Waals surface area contributed by atoms with E-state index in [1.165, 1.54) is 257 Å². The summed E-state index contributed by atoms with van der Waals surface area (Å²) in [5, 5.41) is 23.2. The minimum Gasteiger partial charge on any atom is -0.466 e. The van der Waals surface area contributed by atoms with Gasteiger partial charge in [-0.25, -0.2) is 0 Å². The maximum atomic E-state index is 12.4. The molecule has 0 fully saturated rings. The molecule has 1 amide bonds. The maximum absolute atomic E-state index is 12.4. The zero-order valence-corrected chi connectivity index (χ0v) is 46.6.